The third-order valence-corrected chi connectivity index (χ3v) is 2.52. The van der Waals surface area contributed by atoms with Gasteiger partial charge in [0.25, 0.3) is 0 Å². The minimum absolute atomic E-state index is 0.139. The third-order valence-electron chi connectivity index (χ3n) is 2.52. The van der Waals surface area contributed by atoms with E-state index in [9.17, 15) is 19.3 Å². The highest BCUT2D eigenvalue weighted by molar-refractivity contribution is 5.99. The number of aryl methyl sites for hydroxylation is 1. The van der Waals surface area contributed by atoms with Crippen molar-refractivity contribution in [2.45, 2.75) is 19.3 Å². The summed E-state index contributed by atoms with van der Waals surface area (Å²) in [5.74, 6) is -1.01. The average Bonchev–Trinajstić information content (AvgIpc) is 2.16. The summed E-state index contributed by atoms with van der Waals surface area (Å²) in [5.41, 5.74) is 0.257. The summed E-state index contributed by atoms with van der Waals surface area (Å²) >= 11 is 0. The van der Waals surface area contributed by atoms with Crippen molar-refractivity contribution in [3.8, 4) is 0 Å². The highest BCUT2D eigenvalue weighted by Gasteiger charge is 2.24. The van der Waals surface area contributed by atoms with Gasteiger partial charge in [0.05, 0.1) is 4.92 Å². The number of Topliss-reactive ketones (excluding diaryl/α,β-unsaturated/α-hetero) is 1. The SMILES string of the molecule is O=C1CCCc2cc(F)c([N+](=O)[O-])cc21. The van der Waals surface area contributed by atoms with Crippen LogP contribution in [0.4, 0.5) is 10.1 Å². The molecule has 0 fully saturated rings. The van der Waals surface area contributed by atoms with Gasteiger partial charge >= 0.3 is 5.69 Å². The van der Waals surface area contributed by atoms with Gasteiger partial charge < -0.3 is 0 Å². The van der Waals surface area contributed by atoms with Crippen LogP contribution in [-0.2, 0) is 6.42 Å². The molecule has 1 aliphatic rings. The first-order valence-electron chi connectivity index (χ1n) is 4.59. The predicted octanol–water partition coefficient (Wildman–Crippen LogP) is 2.25. The van der Waals surface area contributed by atoms with Crippen molar-refractivity contribution in [3.63, 3.8) is 0 Å². The molecule has 1 aromatic rings. The van der Waals surface area contributed by atoms with Crippen molar-refractivity contribution in [1.29, 1.82) is 0 Å². The molecule has 1 aromatic carbocycles. The van der Waals surface area contributed by atoms with E-state index in [1.807, 2.05) is 0 Å². The number of rotatable bonds is 1. The number of halogens is 1. The van der Waals surface area contributed by atoms with E-state index in [1.165, 1.54) is 0 Å². The molecule has 0 heterocycles. The van der Waals surface area contributed by atoms with Crippen LogP contribution in [0.3, 0.4) is 0 Å². The maximum Gasteiger partial charge on any atom is 0.305 e. The molecule has 0 atom stereocenters. The predicted molar refractivity (Wildman–Crippen MR) is 50.3 cm³/mol. The van der Waals surface area contributed by atoms with Crippen molar-refractivity contribution in [2.75, 3.05) is 0 Å². The second-order valence-corrected chi connectivity index (χ2v) is 3.49. The van der Waals surface area contributed by atoms with E-state index in [1.54, 1.807) is 0 Å². The minimum atomic E-state index is -0.867. The van der Waals surface area contributed by atoms with Crippen LogP contribution in [-0.4, -0.2) is 10.7 Å². The lowest BCUT2D eigenvalue weighted by Crippen LogP contribution is -2.12. The van der Waals surface area contributed by atoms with Gasteiger partial charge in [-0.2, -0.15) is 4.39 Å². The van der Waals surface area contributed by atoms with Gasteiger partial charge in [-0.1, -0.05) is 0 Å². The Balaban J connectivity index is 2.60. The molecule has 0 amide bonds. The first-order valence-corrected chi connectivity index (χ1v) is 4.59. The molecule has 0 aromatic heterocycles. The summed E-state index contributed by atoms with van der Waals surface area (Å²) in [6.45, 7) is 0. The molecule has 1 aliphatic carbocycles. The van der Waals surface area contributed by atoms with Crippen LogP contribution < -0.4 is 0 Å². The topological polar surface area (TPSA) is 60.2 Å². The van der Waals surface area contributed by atoms with E-state index >= 15 is 0 Å². The molecule has 5 heteroatoms. The number of fused-ring (bicyclic) bond motifs is 1. The number of nitro benzene ring substituents is 1. The second kappa shape index (κ2) is 3.42. The molecule has 0 bridgehead atoms. The summed E-state index contributed by atoms with van der Waals surface area (Å²) in [6.07, 6.45) is 1.68. The number of nitrogens with zero attached hydrogens (tertiary/aromatic N) is 1. The van der Waals surface area contributed by atoms with Crippen molar-refractivity contribution >= 4 is 11.5 Å². The number of ketones is 1. The van der Waals surface area contributed by atoms with Gasteiger partial charge in [0.2, 0.25) is 5.82 Å². The third kappa shape index (κ3) is 1.60. The number of carbonyl (C=O) groups is 1. The Bertz CT molecular complexity index is 456. The number of hydrogen-bond donors (Lipinski definition) is 0. The quantitative estimate of drug-likeness (QED) is 0.526. The molecule has 0 aliphatic heterocycles. The zero-order valence-electron chi connectivity index (χ0n) is 7.83. The van der Waals surface area contributed by atoms with E-state index in [0.29, 0.717) is 30.4 Å². The standard InChI is InChI=1S/C10H8FNO3/c11-8-4-6-2-1-3-10(13)7(6)5-9(8)12(14)15/h4-5H,1-3H2. The highest BCUT2D eigenvalue weighted by atomic mass is 19.1. The first-order chi connectivity index (χ1) is 7.09. The molecule has 0 N–H and O–H groups in total. The van der Waals surface area contributed by atoms with Crippen LogP contribution >= 0.6 is 0 Å². The van der Waals surface area contributed by atoms with Gasteiger partial charge in [-0.05, 0) is 24.5 Å². The number of hydrogen-bond acceptors (Lipinski definition) is 3. The number of nitro groups is 1. The molecule has 0 radical (unpaired) electrons. The second-order valence-electron chi connectivity index (χ2n) is 3.49. The number of benzene rings is 1. The fourth-order valence-electron chi connectivity index (χ4n) is 1.78. The van der Waals surface area contributed by atoms with Gasteiger partial charge in [-0.15, -0.1) is 0 Å². The summed E-state index contributed by atoms with van der Waals surface area (Å²) in [7, 11) is 0. The van der Waals surface area contributed by atoms with Gasteiger partial charge in [0.15, 0.2) is 5.78 Å². The Morgan fingerprint density at radius 2 is 2.07 bits per heavy atom. The zero-order chi connectivity index (χ0) is 11.0. The van der Waals surface area contributed by atoms with E-state index in [-0.39, 0.29) is 5.78 Å². The van der Waals surface area contributed by atoms with Crippen molar-refractivity contribution in [2.24, 2.45) is 0 Å². The molecule has 0 spiro atoms. The Labute approximate surface area is 84.9 Å². The van der Waals surface area contributed by atoms with E-state index in [2.05, 4.69) is 0 Å². The molecule has 4 nitrogen and oxygen atoms in total. The average molecular weight is 209 g/mol. The van der Waals surface area contributed by atoms with E-state index < -0.39 is 16.4 Å². The van der Waals surface area contributed by atoms with Crippen molar-refractivity contribution < 1.29 is 14.1 Å². The van der Waals surface area contributed by atoms with Crippen LogP contribution in [0.1, 0.15) is 28.8 Å². The first kappa shape index (κ1) is 9.76. The lowest BCUT2D eigenvalue weighted by atomic mass is 9.90. The lowest BCUT2D eigenvalue weighted by molar-refractivity contribution is -0.387. The smallest absolute Gasteiger partial charge is 0.294 e. The molecule has 0 saturated heterocycles. The normalized spacial score (nSPS) is 14.9. The molecule has 0 unspecified atom stereocenters. The summed E-state index contributed by atoms with van der Waals surface area (Å²) < 4.78 is 13.2. The molecule has 2 rings (SSSR count). The lowest BCUT2D eigenvalue weighted by Gasteiger charge is -2.13. The fourth-order valence-corrected chi connectivity index (χ4v) is 1.78. The van der Waals surface area contributed by atoms with Gasteiger partial charge in [0, 0.05) is 18.1 Å². The summed E-state index contributed by atoms with van der Waals surface area (Å²) in [5, 5.41) is 10.5. The largest absolute Gasteiger partial charge is 0.305 e. The van der Waals surface area contributed by atoms with Crippen LogP contribution in [0, 0.1) is 15.9 Å². The Hall–Kier alpha value is -1.78. The number of carbonyl (C=O) groups excluding carboxylic acids is 1. The maximum absolute atomic E-state index is 13.2. The molecular formula is C10H8FNO3. The van der Waals surface area contributed by atoms with Gasteiger partial charge in [-0.3, -0.25) is 14.9 Å². The van der Waals surface area contributed by atoms with Crippen molar-refractivity contribution in [1.82, 2.24) is 0 Å². The van der Waals surface area contributed by atoms with E-state index in [0.717, 1.165) is 12.1 Å². The van der Waals surface area contributed by atoms with Gasteiger partial charge in [-0.25, -0.2) is 0 Å². The monoisotopic (exact) mass is 209 g/mol. The van der Waals surface area contributed by atoms with Gasteiger partial charge in [0.1, 0.15) is 0 Å². The molecular weight excluding hydrogens is 201 g/mol. The molecule has 15 heavy (non-hydrogen) atoms. The fraction of sp³-hybridized carbons (Fsp3) is 0.300. The minimum Gasteiger partial charge on any atom is -0.294 e. The Morgan fingerprint density at radius 1 is 1.33 bits per heavy atom. The maximum atomic E-state index is 13.2. The van der Waals surface area contributed by atoms with Crippen molar-refractivity contribution in [3.05, 3.63) is 39.2 Å². The summed E-state index contributed by atoms with van der Waals surface area (Å²) in [6, 6.07) is 2.15. The zero-order valence-corrected chi connectivity index (χ0v) is 7.83. The van der Waals surface area contributed by atoms with Crippen LogP contribution in [0.5, 0.6) is 0 Å². The molecule has 78 valence electrons. The van der Waals surface area contributed by atoms with Crippen LogP contribution in [0.25, 0.3) is 0 Å². The Kier molecular flexibility index (Phi) is 2.22. The van der Waals surface area contributed by atoms with E-state index in [4.69, 9.17) is 0 Å². The molecule has 0 saturated carbocycles. The summed E-state index contributed by atoms with van der Waals surface area (Å²) in [4.78, 5) is 21.1. The highest BCUT2D eigenvalue weighted by Crippen LogP contribution is 2.27. The van der Waals surface area contributed by atoms with Crippen LogP contribution in [0.2, 0.25) is 0 Å². The Morgan fingerprint density at radius 3 is 2.73 bits per heavy atom. The van der Waals surface area contributed by atoms with Crippen LogP contribution in [0.15, 0.2) is 12.1 Å².